The first-order valence-corrected chi connectivity index (χ1v) is 6.91. The van der Waals surface area contributed by atoms with Crippen molar-refractivity contribution in [3.05, 3.63) is 16.1 Å². The second-order valence-electron chi connectivity index (χ2n) is 4.76. The van der Waals surface area contributed by atoms with E-state index in [0.29, 0.717) is 18.6 Å². The first kappa shape index (κ1) is 12.0. The van der Waals surface area contributed by atoms with E-state index < -0.39 is 0 Å². The second-order valence-corrected chi connectivity index (χ2v) is 5.96. The lowest BCUT2D eigenvalue weighted by atomic mass is 10.1. The summed E-state index contributed by atoms with van der Waals surface area (Å²) in [7, 11) is 0. The average Bonchev–Trinajstić information content (AvgIpc) is 2.87. The van der Waals surface area contributed by atoms with Gasteiger partial charge in [0.1, 0.15) is 0 Å². The lowest BCUT2D eigenvalue weighted by molar-refractivity contribution is 0.202. The Morgan fingerprint density at radius 1 is 1.62 bits per heavy atom. The standard InChI is InChI=1S/C12H21N3S/c1-9(2)15-5-3-4-10(15)6-12-14-8-11(7-13)16-12/h8-10H,3-7,13H2,1-2H3. The van der Waals surface area contributed by atoms with Gasteiger partial charge in [0.15, 0.2) is 0 Å². The predicted molar refractivity (Wildman–Crippen MR) is 68.6 cm³/mol. The number of thiazole rings is 1. The zero-order valence-corrected chi connectivity index (χ0v) is 11.0. The summed E-state index contributed by atoms with van der Waals surface area (Å²) in [5.74, 6) is 0. The van der Waals surface area contributed by atoms with Gasteiger partial charge < -0.3 is 5.73 Å². The van der Waals surface area contributed by atoms with E-state index in [2.05, 4.69) is 23.7 Å². The highest BCUT2D eigenvalue weighted by molar-refractivity contribution is 7.11. The average molecular weight is 239 g/mol. The normalized spacial score (nSPS) is 22.1. The van der Waals surface area contributed by atoms with Crippen molar-refractivity contribution in [3.63, 3.8) is 0 Å². The monoisotopic (exact) mass is 239 g/mol. The predicted octanol–water partition coefficient (Wildman–Crippen LogP) is 2.02. The van der Waals surface area contributed by atoms with Crippen molar-refractivity contribution in [3.8, 4) is 0 Å². The van der Waals surface area contributed by atoms with Gasteiger partial charge in [-0.1, -0.05) is 0 Å². The fourth-order valence-corrected chi connectivity index (χ4v) is 3.37. The van der Waals surface area contributed by atoms with Crippen LogP contribution in [-0.4, -0.2) is 28.5 Å². The summed E-state index contributed by atoms with van der Waals surface area (Å²) in [4.78, 5) is 8.26. The molecule has 4 heteroatoms. The molecule has 1 aliphatic heterocycles. The lowest BCUT2D eigenvalue weighted by Crippen LogP contribution is -2.36. The van der Waals surface area contributed by atoms with Crippen LogP contribution >= 0.6 is 11.3 Å². The summed E-state index contributed by atoms with van der Waals surface area (Å²) in [6, 6.07) is 1.35. The van der Waals surface area contributed by atoms with Gasteiger partial charge in [-0.2, -0.15) is 0 Å². The summed E-state index contributed by atoms with van der Waals surface area (Å²) in [5, 5.41) is 1.25. The van der Waals surface area contributed by atoms with Crippen molar-refractivity contribution in [2.75, 3.05) is 6.54 Å². The molecule has 2 rings (SSSR count). The molecule has 0 radical (unpaired) electrons. The molecule has 0 aromatic carbocycles. The molecule has 0 saturated carbocycles. The fraction of sp³-hybridized carbons (Fsp3) is 0.750. The molecule has 3 nitrogen and oxygen atoms in total. The minimum Gasteiger partial charge on any atom is -0.326 e. The van der Waals surface area contributed by atoms with E-state index in [-0.39, 0.29) is 0 Å². The highest BCUT2D eigenvalue weighted by atomic mass is 32.1. The largest absolute Gasteiger partial charge is 0.326 e. The Bertz CT molecular complexity index is 335. The molecule has 1 atom stereocenters. The van der Waals surface area contributed by atoms with Crippen molar-refractivity contribution in [2.24, 2.45) is 5.73 Å². The first-order valence-electron chi connectivity index (χ1n) is 6.10. The minimum atomic E-state index is 0.621. The van der Waals surface area contributed by atoms with Crippen molar-refractivity contribution < 1.29 is 0 Å². The number of hydrogen-bond donors (Lipinski definition) is 1. The van der Waals surface area contributed by atoms with Crippen LogP contribution in [-0.2, 0) is 13.0 Å². The molecule has 0 spiro atoms. The number of aromatic nitrogens is 1. The Labute approximate surface area is 102 Å². The van der Waals surface area contributed by atoms with Gasteiger partial charge in [-0.3, -0.25) is 4.90 Å². The molecule has 1 unspecified atom stereocenters. The molecule has 1 aromatic heterocycles. The smallest absolute Gasteiger partial charge is 0.0943 e. The first-order chi connectivity index (χ1) is 7.70. The Balaban J connectivity index is 1.98. The summed E-state index contributed by atoms with van der Waals surface area (Å²) < 4.78 is 0. The van der Waals surface area contributed by atoms with Crippen LogP contribution in [0.15, 0.2) is 6.20 Å². The Kier molecular flexibility index (Phi) is 3.95. The maximum absolute atomic E-state index is 5.61. The molecule has 90 valence electrons. The molecule has 2 heterocycles. The van der Waals surface area contributed by atoms with Crippen LogP contribution in [0, 0.1) is 0 Å². The van der Waals surface area contributed by atoms with Gasteiger partial charge in [-0.25, -0.2) is 4.98 Å². The van der Waals surface area contributed by atoms with Crippen molar-refractivity contribution >= 4 is 11.3 Å². The van der Waals surface area contributed by atoms with Crippen LogP contribution in [0.1, 0.15) is 36.6 Å². The highest BCUT2D eigenvalue weighted by Crippen LogP contribution is 2.24. The lowest BCUT2D eigenvalue weighted by Gasteiger charge is -2.27. The van der Waals surface area contributed by atoms with Crippen molar-refractivity contribution in [2.45, 2.75) is 51.7 Å². The fourth-order valence-electron chi connectivity index (χ4n) is 2.50. The van der Waals surface area contributed by atoms with Gasteiger partial charge in [0, 0.05) is 36.1 Å². The van der Waals surface area contributed by atoms with Gasteiger partial charge in [0.05, 0.1) is 5.01 Å². The topological polar surface area (TPSA) is 42.2 Å². The molecule has 16 heavy (non-hydrogen) atoms. The number of likely N-dealkylation sites (tertiary alicyclic amines) is 1. The van der Waals surface area contributed by atoms with Crippen LogP contribution in [0.3, 0.4) is 0 Å². The quantitative estimate of drug-likeness (QED) is 0.874. The summed E-state index contributed by atoms with van der Waals surface area (Å²) >= 11 is 1.77. The molecule has 1 saturated heterocycles. The molecule has 0 bridgehead atoms. The number of rotatable bonds is 4. The van der Waals surface area contributed by atoms with E-state index >= 15 is 0 Å². The van der Waals surface area contributed by atoms with Crippen LogP contribution in [0.4, 0.5) is 0 Å². The van der Waals surface area contributed by atoms with Gasteiger partial charge in [0.25, 0.3) is 0 Å². The third-order valence-corrected chi connectivity index (χ3v) is 4.34. The Hall–Kier alpha value is -0.450. The Morgan fingerprint density at radius 3 is 3.06 bits per heavy atom. The van der Waals surface area contributed by atoms with Crippen LogP contribution in [0.25, 0.3) is 0 Å². The van der Waals surface area contributed by atoms with Crippen LogP contribution in [0.5, 0.6) is 0 Å². The summed E-state index contributed by atoms with van der Waals surface area (Å²) in [5.41, 5.74) is 5.61. The molecule has 1 fully saturated rings. The molecule has 2 N–H and O–H groups in total. The maximum Gasteiger partial charge on any atom is 0.0943 e. The number of nitrogens with two attached hydrogens (primary N) is 1. The van der Waals surface area contributed by atoms with E-state index in [1.54, 1.807) is 11.3 Å². The van der Waals surface area contributed by atoms with E-state index in [1.807, 2.05) is 6.20 Å². The van der Waals surface area contributed by atoms with E-state index in [9.17, 15) is 0 Å². The van der Waals surface area contributed by atoms with Gasteiger partial charge in [-0.15, -0.1) is 11.3 Å². The molecule has 1 aliphatic rings. The molecular formula is C12H21N3S. The van der Waals surface area contributed by atoms with E-state index in [0.717, 1.165) is 6.42 Å². The van der Waals surface area contributed by atoms with Gasteiger partial charge >= 0.3 is 0 Å². The third kappa shape index (κ3) is 2.62. The van der Waals surface area contributed by atoms with E-state index in [1.165, 1.54) is 29.3 Å². The SMILES string of the molecule is CC(C)N1CCCC1Cc1ncc(CN)s1. The van der Waals surface area contributed by atoms with Gasteiger partial charge in [-0.05, 0) is 33.2 Å². The van der Waals surface area contributed by atoms with Crippen molar-refractivity contribution in [1.82, 2.24) is 9.88 Å². The van der Waals surface area contributed by atoms with Gasteiger partial charge in [0.2, 0.25) is 0 Å². The minimum absolute atomic E-state index is 0.621. The van der Waals surface area contributed by atoms with Crippen LogP contribution in [0.2, 0.25) is 0 Å². The molecule has 0 amide bonds. The summed E-state index contributed by atoms with van der Waals surface area (Å²) in [6.45, 7) is 6.44. The third-order valence-electron chi connectivity index (χ3n) is 3.30. The zero-order chi connectivity index (χ0) is 11.5. The van der Waals surface area contributed by atoms with Crippen molar-refractivity contribution in [1.29, 1.82) is 0 Å². The maximum atomic E-state index is 5.61. The molecule has 1 aromatic rings. The summed E-state index contributed by atoms with van der Waals surface area (Å²) in [6.07, 6.45) is 5.67. The molecule has 0 aliphatic carbocycles. The number of nitrogens with zero attached hydrogens (tertiary/aromatic N) is 2. The van der Waals surface area contributed by atoms with E-state index in [4.69, 9.17) is 5.73 Å². The van der Waals surface area contributed by atoms with Crippen LogP contribution < -0.4 is 5.73 Å². The molecular weight excluding hydrogens is 218 g/mol. The Morgan fingerprint density at radius 2 is 2.44 bits per heavy atom. The second kappa shape index (κ2) is 5.25. The highest BCUT2D eigenvalue weighted by Gasteiger charge is 2.27. The zero-order valence-electron chi connectivity index (χ0n) is 10.1. The number of hydrogen-bond acceptors (Lipinski definition) is 4.